The monoisotopic (exact) mass is 314 g/mol. The van der Waals surface area contributed by atoms with Gasteiger partial charge in [0.1, 0.15) is 6.04 Å². The number of hydrogen-bond donors (Lipinski definition) is 1. The quantitative estimate of drug-likeness (QED) is 0.851. The van der Waals surface area contributed by atoms with Crippen LogP contribution in [0.5, 0.6) is 0 Å². The van der Waals surface area contributed by atoms with Gasteiger partial charge < -0.3 is 10.0 Å². The predicted molar refractivity (Wildman–Crippen MR) is 84.0 cm³/mol. The number of nitriles is 1. The molecule has 124 valence electrons. The molecule has 6 aliphatic rings. The first-order valence-corrected chi connectivity index (χ1v) is 9.37. The molecule has 1 aliphatic heterocycles. The van der Waals surface area contributed by atoms with Crippen LogP contribution < -0.4 is 0 Å². The first kappa shape index (κ1) is 14.3. The number of aliphatic hydroxyl groups is 1. The topological polar surface area (TPSA) is 64.3 Å². The van der Waals surface area contributed by atoms with Crippen molar-refractivity contribution in [2.45, 2.75) is 76.0 Å². The summed E-state index contributed by atoms with van der Waals surface area (Å²) in [4.78, 5) is 15.2. The lowest BCUT2D eigenvalue weighted by Crippen LogP contribution is -2.59. The van der Waals surface area contributed by atoms with Crippen molar-refractivity contribution in [3.63, 3.8) is 0 Å². The van der Waals surface area contributed by atoms with E-state index in [2.05, 4.69) is 13.0 Å². The van der Waals surface area contributed by atoms with Gasteiger partial charge in [0.05, 0.1) is 11.7 Å². The highest BCUT2D eigenvalue weighted by Crippen LogP contribution is 2.64. The van der Waals surface area contributed by atoms with E-state index < -0.39 is 5.60 Å². The van der Waals surface area contributed by atoms with Crippen molar-refractivity contribution >= 4 is 5.91 Å². The van der Waals surface area contributed by atoms with E-state index in [0.29, 0.717) is 23.8 Å². The SMILES string of the molecule is C[C@H](C(=O)N1[C@H](C#N)C[C@@H]2C[C@@H]21)C12CC3CC(CC(O)(C3)C1)C2. The second-order valence-electron chi connectivity index (χ2n) is 9.46. The van der Waals surface area contributed by atoms with Crippen LogP contribution in [-0.2, 0) is 4.79 Å². The smallest absolute Gasteiger partial charge is 0.227 e. The van der Waals surface area contributed by atoms with E-state index in [9.17, 15) is 15.2 Å². The summed E-state index contributed by atoms with van der Waals surface area (Å²) in [7, 11) is 0. The summed E-state index contributed by atoms with van der Waals surface area (Å²) in [6, 6.07) is 2.48. The number of nitrogens with zero attached hydrogens (tertiary/aromatic N) is 2. The zero-order valence-corrected chi connectivity index (χ0v) is 13.9. The van der Waals surface area contributed by atoms with Gasteiger partial charge in [-0.15, -0.1) is 0 Å². The van der Waals surface area contributed by atoms with Crippen LogP contribution >= 0.6 is 0 Å². The fraction of sp³-hybridized carbons (Fsp3) is 0.895. The van der Waals surface area contributed by atoms with E-state index in [1.165, 1.54) is 6.42 Å². The number of rotatable bonds is 2. The second kappa shape index (κ2) is 4.30. The third-order valence-electron chi connectivity index (χ3n) is 7.87. The standard InChI is InChI=1S/C19H26N2O2/c1-11(17(22)21-15(9-20)3-14-4-16(14)21)18-5-12-2-13(6-18)8-19(23,7-12)10-18/h11-16,23H,2-8,10H2,1H3/t11-,12?,13?,14-,15+,16+,18?,19?/m1/s1. The summed E-state index contributed by atoms with van der Waals surface area (Å²) in [6.45, 7) is 2.09. The maximum absolute atomic E-state index is 13.3. The average Bonchev–Trinajstić information content (AvgIpc) is 3.14. The molecule has 23 heavy (non-hydrogen) atoms. The lowest BCUT2D eigenvalue weighted by molar-refractivity contribution is -0.186. The Balaban J connectivity index is 1.43. The number of likely N-dealkylation sites (tertiary alicyclic amines) is 1. The van der Waals surface area contributed by atoms with Crippen molar-refractivity contribution in [3.05, 3.63) is 0 Å². The van der Waals surface area contributed by atoms with Crippen molar-refractivity contribution in [3.8, 4) is 6.07 Å². The average molecular weight is 314 g/mol. The summed E-state index contributed by atoms with van der Waals surface area (Å²) in [5, 5.41) is 20.3. The van der Waals surface area contributed by atoms with Crippen LogP contribution in [0.15, 0.2) is 0 Å². The molecule has 0 spiro atoms. The van der Waals surface area contributed by atoms with Gasteiger partial charge in [0.25, 0.3) is 0 Å². The lowest BCUT2D eigenvalue weighted by atomic mass is 9.45. The zero-order chi connectivity index (χ0) is 16.0. The van der Waals surface area contributed by atoms with Crippen LogP contribution in [0.2, 0.25) is 0 Å². The number of hydrogen-bond acceptors (Lipinski definition) is 3. The fourth-order valence-corrected chi connectivity index (χ4v) is 7.17. The normalized spacial score (nSPS) is 53.8. The molecule has 4 bridgehead atoms. The highest BCUT2D eigenvalue weighted by atomic mass is 16.3. The summed E-state index contributed by atoms with van der Waals surface area (Å²) >= 11 is 0. The molecule has 0 radical (unpaired) electrons. The minimum Gasteiger partial charge on any atom is -0.390 e. The number of piperidine rings is 1. The third-order valence-corrected chi connectivity index (χ3v) is 7.87. The van der Waals surface area contributed by atoms with Gasteiger partial charge in [-0.3, -0.25) is 4.79 Å². The third kappa shape index (κ3) is 1.89. The molecule has 0 aromatic carbocycles. The highest BCUT2D eigenvalue weighted by molar-refractivity contribution is 5.81. The van der Waals surface area contributed by atoms with Crippen LogP contribution in [0, 0.1) is 40.4 Å². The number of amides is 1. The van der Waals surface area contributed by atoms with E-state index in [0.717, 1.165) is 44.9 Å². The Morgan fingerprint density at radius 1 is 1.22 bits per heavy atom. The van der Waals surface area contributed by atoms with Gasteiger partial charge in [-0.25, -0.2) is 0 Å². The van der Waals surface area contributed by atoms with Gasteiger partial charge in [-0.05, 0) is 74.5 Å². The molecule has 1 amide bonds. The minimum atomic E-state index is -0.514. The number of fused-ring (bicyclic) bond motifs is 1. The van der Waals surface area contributed by atoms with Crippen LogP contribution in [0.25, 0.3) is 0 Å². The molecule has 4 heteroatoms. The molecule has 6 fully saturated rings. The minimum absolute atomic E-state index is 0.0110. The van der Waals surface area contributed by atoms with Gasteiger partial charge in [0.2, 0.25) is 5.91 Å². The fourth-order valence-electron chi connectivity index (χ4n) is 7.17. The van der Waals surface area contributed by atoms with E-state index in [4.69, 9.17) is 0 Å². The van der Waals surface area contributed by atoms with Crippen LogP contribution in [0.3, 0.4) is 0 Å². The van der Waals surface area contributed by atoms with E-state index >= 15 is 0 Å². The van der Waals surface area contributed by atoms with Gasteiger partial charge in [0.15, 0.2) is 0 Å². The molecule has 4 nitrogen and oxygen atoms in total. The molecule has 2 unspecified atom stereocenters. The van der Waals surface area contributed by atoms with Crippen molar-refractivity contribution in [2.24, 2.45) is 29.1 Å². The lowest BCUT2D eigenvalue weighted by Gasteiger charge is -2.62. The maximum atomic E-state index is 13.3. The number of carbonyl (C=O) groups excluding carboxylic acids is 1. The molecule has 0 aromatic heterocycles. The first-order chi connectivity index (χ1) is 10.9. The second-order valence-corrected chi connectivity index (χ2v) is 9.46. The Bertz CT molecular complexity index is 595. The summed E-state index contributed by atoms with van der Waals surface area (Å²) < 4.78 is 0. The molecular weight excluding hydrogens is 288 g/mol. The van der Waals surface area contributed by atoms with E-state index in [1.54, 1.807) is 0 Å². The van der Waals surface area contributed by atoms with Crippen molar-refractivity contribution < 1.29 is 9.90 Å². The molecule has 1 N–H and O–H groups in total. The summed E-state index contributed by atoms with van der Waals surface area (Å²) in [5.74, 6) is 1.95. The Hall–Kier alpha value is -1.08. The summed E-state index contributed by atoms with van der Waals surface area (Å²) in [5.41, 5.74) is -0.525. The molecule has 5 saturated carbocycles. The zero-order valence-electron chi connectivity index (χ0n) is 13.9. The van der Waals surface area contributed by atoms with Crippen molar-refractivity contribution in [1.29, 1.82) is 5.26 Å². The largest absolute Gasteiger partial charge is 0.390 e. The maximum Gasteiger partial charge on any atom is 0.227 e. The molecule has 6 rings (SSSR count). The Morgan fingerprint density at radius 2 is 1.91 bits per heavy atom. The van der Waals surface area contributed by atoms with Crippen LogP contribution in [-0.4, -0.2) is 33.6 Å². The van der Waals surface area contributed by atoms with Crippen molar-refractivity contribution in [2.75, 3.05) is 0 Å². The molecule has 6 atom stereocenters. The Morgan fingerprint density at radius 3 is 2.52 bits per heavy atom. The molecular formula is C19H26N2O2. The van der Waals surface area contributed by atoms with E-state index in [-0.39, 0.29) is 23.3 Å². The van der Waals surface area contributed by atoms with Crippen LogP contribution in [0.4, 0.5) is 0 Å². The molecule has 0 aromatic rings. The van der Waals surface area contributed by atoms with Gasteiger partial charge in [-0.2, -0.15) is 5.26 Å². The van der Waals surface area contributed by atoms with Gasteiger partial charge >= 0.3 is 0 Å². The molecule has 5 aliphatic carbocycles. The molecule has 1 saturated heterocycles. The Labute approximate surface area is 137 Å². The van der Waals surface area contributed by atoms with E-state index in [1.807, 2.05) is 4.90 Å². The summed E-state index contributed by atoms with van der Waals surface area (Å²) in [6.07, 6.45) is 8.14. The molecule has 1 heterocycles. The Kier molecular flexibility index (Phi) is 2.67. The highest BCUT2D eigenvalue weighted by Gasteiger charge is 2.62. The first-order valence-electron chi connectivity index (χ1n) is 9.37. The van der Waals surface area contributed by atoms with Crippen LogP contribution in [0.1, 0.15) is 58.3 Å². The van der Waals surface area contributed by atoms with Gasteiger partial charge in [0, 0.05) is 12.0 Å². The van der Waals surface area contributed by atoms with Gasteiger partial charge in [-0.1, -0.05) is 6.92 Å². The predicted octanol–water partition coefficient (Wildman–Crippen LogP) is 2.47. The van der Waals surface area contributed by atoms with Crippen molar-refractivity contribution in [1.82, 2.24) is 4.90 Å². The number of carbonyl (C=O) groups is 1.